The Morgan fingerprint density at radius 3 is 2.93 bits per heavy atom. The summed E-state index contributed by atoms with van der Waals surface area (Å²) in [4.78, 5) is 15.0. The standard InChI is InChI=1S/C20H17BrClFN2O3/c1-2-28-18-9-17-13(8-14(18)21)20(12(10-24-17)6-7-27-11-26)25-16-5-3-4-15(23)19(16)22/h3-5,8-11H,2,6-7H2,1H3,(H,24,25). The number of aromatic nitrogens is 1. The molecule has 5 nitrogen and oxygen atoms in total. The maximum absolute atomic E-state index is 13.9. The molecule has 0 atom stereocenters. The van der Waals surface area contributed by atoms with Gasteiger partial charge in [0.05, 0.1) is 39.6 Å². The van der Waals surface area contributed by atoms with Crippen molar-refractivity contribution in [3.05, 3.63) is 57.4 Å². The van der Waals surface area contributed by atoms with E-state index in [0.717, 1.165) is 15.4 Å². The minimum Gasteiger partial charge on any atom is -0.493 e. The van der Waals surface area contributed by atoms with E-state index in [1.54, 1.807) is 18.3 Å². The molecule has 1 heterocycles. The lowest BCUT2D eigenvalue weighted by Gasteiger charge is -2.17. The number of carbonyl (C=O) groups is 1. The molecule has 0 amide bonds. The van der Waals surface area contributed by atoms with E-state index < -0.39 is 5.82 Å². The van der Waals surface area contributed by atoms with Crippen molar-refractivity contribution >= 4 is 56.3 Å². The van der Waals surface area contributed by atoms with E-state index in [9.17, 15) is 9.18 Å². The number of benzene rings is 2. The molecule has 1 N–H and O–H groups in total. The molecule has 2 aromatic carbocycles. The first kappa shape index (κ1) is 20.4. The Morgan fingerprint density at radius 1 is 1.36 bits per heavy atom. The molecule has 0 aliphatic carbocycles. The predicted molar refractivity (Wildman–Crippen MR) is 111 cm³/mol. The first-order chi connectivity index (χ1) is 13.5. The van der Waals surface area contributed by atoms with Gasteiger partial charge in [-0.2, -0.15) is 0 Å². The maximum Gasteiger partial charge on any atom is 0.293 e. The molecular formula is C20H17BrClFN2O3. The van der Waals surface area contributed by atoms with Gasteiger partial charge in [0.25, 0.3) is 6.47 Å². The van der Waals surface area contributed by atoms with Crippen LogP contribution in [0.3, 0.4) is 0 Å². The van der Waals surface area contributed by atoms with E-state index in [0.29, 0.717) is 42.1 Å². The summed E-state index contributed by atoms with van der Waals surface area (Å²) in [7, 11) is 0. The predicted octanol–water partition coefficient (Wildman–Crippen LogP) is 5.65. The fraction of sp³-hybridized carbons (Fsp3) is 0.200. The SMILES string of the molecule is CCOc1cc2ncc(CCOC=O)c(Nc3cccc(F)c3Cl)c2cc1Br. The molecular weight excluding hydrogens is 451 g/mol. The molecule has 0 aliphatic rings. The topological polar surface area (TPSA) is 60.5 Å². The summed E-state index contributed by atoms with van der Waals surface area (Å²) >= 11 is 9.63. The molecule has 0 saturated carbocycles. The van der Waals surface area contributed by atoms with Gasteiger partial charge in [0.15, 0.2) is 0 Å². The molecule has 0 unspecified atom stereocenters. The number of nitrogens with zero attached hydrogens (tertiary/aromatic N) is 1. The number of hydrogen-bond donors (Lipinski definition) is 1. The zero-order chi connectivity index (χ0) is 20.1. The molecule has 28 heavy (non-hydrogen) atoms. The molecule has 0 aliphatic heterocycles. The van der Waals surface area contributed by atoms with Crippen LogP contribution in [0.15, 0.2) is 41.0 Å². The van der Waals surface area contributed by atoms with Crippen molar-refractivity contribution < 1.29 is 18.7 Å². The molecule has 8 heteroatoms. The zero-order valence-electron chi connectivity index (χ0n) is 15.0. The van der Waals surface area contributed by atoms with Crippen LogP contribution in [0.1, 0.15) is 12.5 Å². The maximum atomic E-state index is 13.9. The van der Waals surface area contributed by atoms with Gasteiger partial charge >= 0.3 is 0 Å². The van der Waals surface area contributed by atoms with Crippen molar-refractivity contribution in [3.8, 4) is 5.75 Å². The quantitative estimate of drug-likeness (QED) is 0.343. The lowest BCUT2D eigenvalue weighted by atomic mass is 10.1. The number of halogens is 3. The van der Waals surface area contributed by atoms with E-state index in [2.05, 4.69) is 26.2 Å². The average molecular weight is 468 g/mol. The van der Waals surface area contributed by atoms with Crippen LogP contribution in [-0.2, 0) is 16.0 Å². The fourth-order valence-electron chi connectivity index (χ4n) is 2.79. The first-order valence-electron chi connectivity index (χ1n) is 8.55. The third kappa shape index (κ3) is 4.36. The lowest BCUT2D eigenvalue weighted by molar-refractivity contribution is -0.128. The van der Waals surface area contributed by atoms with E-state index in [-0.39, 0.29) is 11.6 Å². The number of nitrogens with one attached hydrogen (secondary N) is 1. The summed E-state index contributed by atoms with van der Waals surface area (Å²) in [6.45, 7) is 3.02. The number of ether oxygens (including phenoxy) is 2. The van der Waals surface area contributed by atoms with Crippen molar-refractivity contribution in [1.29, 1.82) is 0 Å². The first-order valence-corrected chi connectivity index (χ1v) is 9.72. The normalized spacial score (nSPS) is 10.7. The monoisotopic (exact) mass is 466 g/mol. The second kappa shape index (κ2) is 9.21. The number of rotatable bonds is 8. The highest BCUT2D eigenvalue weighted by Crippen LogP contribution is 2.37. The van der Waals surface area contributed by atoms with Crippen molar-refractivity contribution in [1.82, 2.24) is 4.98 Å². The molecule has 0 bridgehead atoms. The Labute approximate surface area is 174 Å². The highest BCUT2D eigenvalue weighted by Gasteiger charge is 2.15. The van der Waals surface area contributed by atoms with Crippen LogP contribution in [0.5, 0.6) is 5.75 Å². The molecule has 1 aromatic heterocycles. The largest absolute Gasteiger partial charge is 0.493 e. The van der Waals surface area contributed by atoms with E-state index in [4.69, 9.17) is 21.1 Å². The highest BCUT2D eigenvalue weighted by atomic mass is 79.9. The Hall–Kier alpha value is -2.38. The van der Waals surface area contributed by atoms with Crippen LogP contribution in [0.4, 0.5) is 15.8 Å². The van der Waals surface area contributed by atoms with E-state index in [1.165, 1.54) is 6.07 Å². The van der Waals surface area contributed by atoms with Crippen molar-refractivity contribution in [2.45, 2.75) is 13.3 Å². The van der Waals surface area contributed by atoms with E-state index >= 15 is 0 Å². The third-order valence-electron chi connectivity index (χ3n) is 4.07. The average Bonchev–Trinajstić information content (AvgIpc) is 2.68. The van der Waals surface area contributed by atoms with Crippen LogP contribution < -0.4 is 10.1 Å². The molecule has 0 fully saturated rings. The van der Waals surface area contributed by atoms with Gasteiger partial charge in [-0.05, 0) is 46.6 Å². The second-order valence-corrected chi connectivity index (χ2v) is 7.07. The number of carbonyl (C=O) groups excluding carboxylic acids is 1. The summed E-state index contributed by atoms with van der Waals surface area (Å²) < 4.78 is 25.1. The molecule has 3 aromatic rings. The second-order valence-electron chi connectivity index (χ2n) is 5.83. The zero-order valence-corrected chi connectivity index (χ0v) is 17.3. The van der Waals surface area contributed by atoms with Crippen LogP contribution in [-0.4, -0.2) is 24.7 Å². The van der Waals surface area contributed by atoms with Gasteiger partial charge in [-0.1, -0.05) is 17.7 Å². The summed E-state index contributed by atoms with van der Waals surface area (Å²) in [5, 5.41) is 4.00. The van der Waals surface area contributed by atoms with Crippen molar-refractivity contribution in [2.24, 2.45) is 0 Å². The summed E-state index contributed by atoms with van der Waals surface area (Å²) in [6.07, 6.45) is 2.12. The van der Waals surface area contributed by atoms with Gasteiger partial charge in [-0.25, -0.2) is 4.39 Å². The van der Waals surface area contributed by atoms with Crippen LogP contribution in [0.2, 0.25) is 5.02 Å². The van der Waals surface area contributed by atoms with Crippen LogP contribution in [0, 0.1) is 5.82 Å². The third-order valence-corrected chi connectivity index (χ3v) is 5.07. The van der Waals surface area contributed by atoms with Crippen LogP contribution >= 0.6 is 27.5 Å². The van der Waals surface area contributed by atoms with E-state index in [1.807, 2.05) is 19.1 Å². The molecule has 0 radical (unpaired) electrons. The van der Waals surface area contributed by atoms with Gasteiger partial charge in [0.2, 0.25) is 0 Å². The Kier molecular flexibility index (Phi) is 6.70. The lowest BCUT2D eigenvalue weighted by Crippen LogP contribution is -2.04. The highest BCUT2D eigenvalue weighted by molar-refractivity contribution is 9.10. The van der Waals surface area contributed by atoms with Gasteiger partial charge in [-0.3, -0.25) is 9.78 Å². The van der Waals surface area contributed by atoms with Gasteiger partial charge < -0.3 is 14.8 Å². The fourth-order valence-corrected chi connectivity index (χ4v) is 3.42. The summed E-state index contributed by atoms with van der Waals surface area (Å²) in [5.41, 5.74) is 2.62. The smallest absolute Gasteiger partial charge is 0.293 e. The van der Waals surface area contributed by atoms with Crippen LogP contribution in [0.25, 0.3) is 10.9 Å². The van der Waals surface area contributed by atoms with Gasteiger partial charge in [0.1, 0.15) is 11.6 Å². The minimum absolute atomic E-state index is 0.00689. The van der Waals surface area contributed by atoms with Gasteiger partial charge in [0, 0.05) is 24.1 Å². The minimum atomic E-state index is -0.518. The molecule has 0 spiro atoms. The Balaban J connectivity index is 2.13. The molecule has 0 saturated heterocycles. The number of hydrogen-bond acceptors (Lipinski definition) is 5. The van der Waals surface area contributed by atoms with Gasteiger partial charge in [-0.15, -0.1) is 0 Å². The molecule has 3 rings (SSSR count). The summed E-state index contributed by atoms with van der Waals surface area (Å²) in [6, 6.07) is 8.26. The van der Waals surface area contributed by atoms with Crippen molar-refractivity contribution in [3.63, 3.8) is 0 Å². The summed E-state index contributed by atoms with van der Waals surface area (Å²) in [5.74, 6) is 0.157. The number of fused-ring (bicyclic) bond motifs is 1. The molecule has 146 valence electrons. The van der Waals surface area contributed by atoms with Crippen molar-refractivity contribution in [2.75, 3.05) is 18.5 Å². The Morgan fingerprint density at radius 2 is 2.18 bits per heavy atom. The Bertz CT molecular complexity index is 1020. The number of pyridine rings is 1. The number of anilines is 2.